The minimum Gasteiger partial charge on any atom is -0.391 e. The van der Waals surface area contributed by atoms with Gasteiger partial charge in [-0.3, -0.25) is 4.79 Å². The molecule has 7 heteroatoms. The number of aromatic nitrogens is 2. The molecule has 1 amide bonds. The predicted octanol–water partition coefficient (Wildman–Crippen LogP) is 2.69. The molecular weight excluding hydrogens is 316 g/mol. The highest BCUT2D eigenvalue weighted by molar-refractivity contribution is 5.92. The summed E-state index contributed by atoms with van der Waals surface area (Å²) >= 11 is 0. The Kier molecular flexibility index (Phi) is 4.36. The number of nitrogens with zero attached hydrogens (tertiary/aromatic N) is 3. The van der Waals surface area contributed by atoms with Crippen molar-refractivity contribution in [3.8, 4) is 0 Å². The van der Waals surface area contributed by atoms with E-state index < -0.39 is 23.8 Å². The Morgan fingerprint density at radius 3 is 2.71 bits per heavy atom. The maximum absolute atomic E-state index is 13.5. The van der Waals surface area contributed by atoms with E-state index in [1.54, 1.807) is 12.5 Å². The fourth-order valence-corrected chi connectivity index (χ4v) is 2.95. The molecule has 0 radical (unpaired) electrons. The van der Waals surface area contributed by atoms with Gasteiger partial charge in [-0.1, -0.05) is 6.07 Å². The number of aliphatic hydroxyl groups excluding tert-OH is 1. The number of imidazole rings is 1. The molecule has 0 spiro atoms. The maximum atomic E-state index is 13.5. The molecule has 2 aromatic rings. The van der Waals surface area contributed by atoms with E-state index in [1.165, 1.54) is 11.0 Å². The third kappa shape index (κ3) is 3.03. The van der Waals surface area contributed by atoms with Crippen molar-refractivity contribution in [1.82, 2.24) is 14.5 Å². The first kappa shape index (κ1) is 16.6. The van der Waals surface area contributed by atoms with Crippen LogP contribution in [0.3, 0.4) is 0 Å². The summed E-state index contributed by atoms with van der Waals surface area (Å²) in [5.74, 6) is -2.24. The third-order valence-electron chi connectivity index (χ3n) is 4.29. The van der Waals surface area contributed by atoms with Crippen LogP contribution in [-0.4, -0.2) is 38.1 Å². The van der Waals surface area contributed by atoms with Crippen LogP contribution in [0.4, 0.5) is 8.78 Å². The summed E-state index contributed by atoms with van der Waals surface area (Å²) in [5, 5.41) is 9.96. The first-order valence-corrected chi connectivity index (χ1v) is 7.84. The minimum absolute atomic E-state index is 0.136. The highest BCUT2D eigenvalue weighted by Gasteiger charge is 2.36. The van der Waals surface area contributed by atoms with Crippen molar-refractivity contribution in [2.75, 3.05) is 6.54 Å². The summed E-state index contributed by atoms with van der Waals surface area (Å²) in [6.45, 7) is 4.08. The second-order valence-corrected chi connectivity index (χ2v) is 6.34. The molecule has 1 saturated heterocycles. The fraction of sp³-hybridized carbons (Fsp3) is 0.412. The highest BCUT2D eigenvalue weighted by atomic mass is 19.2. The second kappa shape index (κ2) is 6.32. The highest BCUT2D eigenvalue weighted by Crippen LogP contribution is 2.33. The van der Waals surface area contributed by atoms with Gasteiger partial charge in [-0.2, -0.15) is 0 Å². The molecule has 1 fully saturated rings. The van der Waals surface area contributed by atoms with Crippen LogP contribution in [0, 0.1) is 11.6 Å². The minimum atomic E-state index is -0.967. The average molecular weight is 335 g/mol. The summed E-state index contributed by atoms with van der Waals surface area (Å²) in [5.41, 5.74) is 0.729. The molecular formula is C17H19F2N3O2. The zero-order valence-corrected chi connectivity index (χ0v) is 13.5. The van der Waals surface area contributed by atoms with Gasteiger partial charge in [0.05, 0.1) is 18.5 Å². The average Bonchev–Trinajstić information content (AvgIpc) is 3.16. The lowest BCUT2D eigenvalue weighted by Crippen LogP contribution is -2.32. The van der Waals surface area contributed by atoms with Crippen molar-refractivity contribution >= 4 is 5.91 Å². The SMILES string of the molecule is CC(C)n1cnc(C(=O)N2C[C@H](O)C[C@H]2c2ccc(F)c(F)c2)c1. The van der Waals surface area contributed by atoms with Gasteiger partial charge in [0.2, 0.25) is 0 Å². The van der Waals surface area contributed by atoms with Crippen molar-refractivity contribution in [2.45, 2.75) is 38.5 Å². The van der Waals surface area contributed by atoms with Crippen LogP contribution in [0.1, 0.15) is 48.4 Å². The molecule has 5 nitrogen and oxygen atoms in total. The molecule has 2 heterocycles. The molecule has 0 aliphatic carbocycles. The van der Waals surface area contributed by atoms with Crippen LogP contribution in [0.25, 0.3) is 0 Å². The van der Waals surface area contributed by atoms with Crippen molar-refractivity contribution in [2.24, 2.45) is 0 Å². The van der Waals surface area contributed by atoms with Gasteiger partial charge in [-0.25, -0.2) is 13.8 Å². The number of β-amino-alcohol motifs (C(OH)–C–C–N with tert-alkyl or cyclic N) is 1. The summed E-state index contributed by atoms with van der Waals surface area (Å²) < 4.78 is 28.5. The number of likely N-dealkylation sites (tertiary alicyclic amines) is 1. The molecule has 1 aromatic carbocycles. The van der Waals surface area contributed by atoms with Gasteiger partial charge < -0.3 is 14.6 Å². The Balaban J connectivity index is 1.89. The normalized spacial score (nSPS) is 20.8. The lowest BCUT2D eigenvalue weighted by molar-refractivity contribution is 0.0710. The third-order valence-corrected chi connectivity index (χ3v) is 4.29. The largest absolute Gasteiger partial charge is 0.391 e. The standard InChI is InChI=1S/C17H19F2N3O2/c1-10(2)21-8-15(20-9-21)17(24)22-7-12(23)6-16(22)11-3-4-13(18)14(19)5-11/h3-5,8-10,12,16,23H,6-7H2,1-2H3/t12-,16+/m1/s1. The van der Waals surface area contributed by atoms with Gasteiger partial charge in [0.25, 0.3) is 5.91 Å². The Morgan fingerprint density at radius 2 is 2.08 bits per heavy atom. The zero-order valence-electron chi connectivity index (χ0n) is 13.5. The van der Waals surface area contributed by atoms with Crippen LogP contribution in [0.2, 0.25) is 0 Å². The molecule has 3 rings (SSSR count). The first-order valence-electron chi connectivity index (χ1n) is 7.84. The molecule has 0 bridgehead atoms. The van der Waals surface area contributed by atoms with Crippen LogP contribution in [0.5, 0.6) is 0 Å². The van der Waals surface area contributed by atoms with Crippen LogP contribution >= 0.6 is 0 Å². The molecule has 128 valence electrons. The number of amides is 1. The van der Waals surface area contributed by atoms with E-state index in [0.717, 1.165) is 12.1 Å². The molecule has 1 aliphatic rings. The molecule has 1 aromatic heterocycles. The van der Waals surface area contributed by atoms with Gasteiger partial charge in [0.15, 0.2) is 11.6 Å². The molecule has 2 atom stereocenters. The maximum Gasteiger partial charge on any atom is 0.274 e. The predicted molar refractivity (Wildman–Crippen MR) is 83.4 cm³/mol. The van der Waals surface area contributed by atoms with Gasteiger partial charge in [-0.05, 0) is 38.0 Å². The summed E-state index contributed by atoms with van der Waals surface area (Å²) in [7, 11) is 0. The van der Waals surface area contributed by atoms with Crippen molar-refractivity contribution < 1.29 is 18.7 Å². The number of benzene rings is 1. The number of carbonyl (C=O) groups is 1. The number of rotatable bonds is 3. The van der Waals surface area contributed by atoms with Crippen molar-refractivity contribution in [3.05, 3.63) is 53.6 Å². The summed E-state index contributed by atoms with van der Waals surface area (Å²) in [6, 6.07) is 3.21. The van der Waals surface area contributed by atoms with Crippen LogP contribution in [-0.2, 0) is 0 Å². The van der Waals surface area contributed by atoms with E-state index >= 15 is 0 Å². The van der Waals surface area contributed by atoms with Crippen LogP contribution in [0.15, 0.2) is 30.7 Å². The van der Waals surface area contributed by atoms with Gasteiger partial charge >= 0.3 is 0 Å². The second-order valence-electron chi connectivity index (χ2n) is 6.34. The Hall–Kier alpha value is -2.28. The topological polar surface area (TPSA) is 58.4 Å². The van der Waals surface area contributed by atoms with Gasteiger partial charge in [0.1, 0.15) is 5.69 Å². The van der Waals surface area contributed by atoms with E-state index in [0.29, 0.717) is 5.56 Å². The summed E-state index contributed by atoms with van der Waals surface area (Å²) in [6.07, 6.45) is 2.80. The molecule has 0 saturated carbocycles. The fourth-order valence-electron chi connectivity index (χ4n) is 2.95. The number of hydrogen-bond donors (Lipinski definition) is 1. The molecule has 24 heavy (non-hydrogen) atoms. The molecule has 1 N–H and O–H groups in total. The molecule has 1 aliphatic heterocycles. The van der Waals surface area contributed by atoms with E-state index in [2.05, 4.69) is 4.98 Å². The van der Waals surface area contributed by atoms with E-state index in [4.69, 9.17) is 0 Å². The smallest absolute Gasteiger partial charge is 0.274 e. The zero-order chi connectivity index (χ0) is 17.4. The lowest BCUT2D eigenvalue weighted by atomic mass is 10.0. The monoisotopic (exact) mass is 335 g/mol. The van der Waals surface area contributed by atoms with Gasteiger partial charge in [0, 0.05) is 18.8 Å². The van der Waals surface area contributed by atoms with Crippen molar-refractivity contribution in [3.63, 3.8) is 0 Å². The number of carbonyl (C=O) groups excluding carboxylic acids is 1. The van der Waals surface area contributed by atoms with Crippen molar-refractivity contribution in [1.29, 1.82) is 0 Å². The Labute approximate surface area is 138 Å². The molecule has 0 unspecified atom stereocenters. The number of halogens is 2. The first-order chi connectivity index (χ1) is 11.4. The van der Waals surface area contributed by atoms with E-state index in [1.807, 2.05) is 18.4 Å². The number of hydrogen-bond acceptors (Lipinski definition) is 3. The lowest BCUT2D eigenvalue weighted by Gasteiger charge is -2.24. The quantitative estimate of drug-likeness (QED) is 0.938. The Morgan fingerprint density at radius 1 is 1.33 bits per heavy atom. The number of aliphatic hydroxyl groups is 1. The van der Waals surface area contributed by atoms with E-state index in [9.17, 15) is 18.7 Å². The van der Waals surface area contributed by atoms with Crippen LogP contribution < -0.4 is 0 Å². The summed E-state index contributed by atoms with van der Waals surface area (Å²) in [4.78, 5) is 18.3. The van der Waals surface area contributed by atoms with E-state index in [-0.39, 0.29) is 30.6 Å². The van der Waals surface area contributed by atoms with Gasteiger partial charge in [-0.15, -0.1) is 0 Å². The Bertz CT molecular complexity index is 760.